The standard InChI is InChI=1S/C19H15Cl2N3O2S/c1-19(2,15(25)11-5-7-13(20)8-6-11)24-17(26)14-16(21)23-18(27-14)12-4-3-9-22-10-12/h3-10H,1-2H3,(H,24,26). The first-order valence-electron chi connectivity index (χ1n) is 7.97. The van der Waals surface area contributed by atoms with Crippen LogP contribution in [-0.4, -0.2) is 27.2 Å². The summed E-state index contributed by atoms with van der Waals surface area (Å²) in [7, 11) is 0. The van der Waals surface area contributed by atoms with Crippen LogP contribution in [0.2, 0.25) is 10.2 Å². The van der Waals surface area contributed by atoms with E-state index in [-0.39, 0.29) is 15.8 Å². The van der Waals surface area contributed by atoms with Crippen molar-refractivity contribution in [1.29, 1.82) is 0 Å². The molecule has 1 N–H and O–H groups in total. The first-order chi connectivity index (χ1) is 12.8. The molecule has 0 bridgehead atoms. The third kappa shape index (κ3) is 4.35. The number of ketones is 1. The summed E-state index contributed by atoms with van der Waals surface area (Å²) in [6, 6.07) is 10.1. The summed E-state index contributed by atoms with van der Waals surface area (Å²) in [5.74, 6) is -0.694. The van der Waals surface area contributed by atoms with Crippen LogP contribution in [0.4, 0.5) is 0 Å². The third-order valence-corrected chi connectivity index (χ3v) is 5.54. The van der Waals surface area contributed by atoms with Crippen molar-refractivity contribution in [3.63, 3.8) is 0 Å². The normalized spacial score (nSPS) is 11.3. The lowest BCUT2D eigenvalue weighted by molar-refractivity contribution is 0.0800. The zero-order chi connectivity index (χ0) is 19.6. The molecule has 1 amide bonds. The number of Topliss-reactive ketones (excluding diaryl/α,β-unsaturated/α-hetero) is 1. The van der Waals surface area contributed by atoms with Crippen LogP contribution >= 0.6 is 34.5 Å². The van der Waals surface area contributed by atoms with Crippen molar-refractivity contribution in [3.8, 4) is 10.6 Å². The van der Waals surface area contributed by atoms with Crippen molar-refractivity contribution in [1.82, 2.24) is 15.3 Å². The van der Waals surface area contributed by atoms with E-state index < -0.39 is 11.4 Å². The minimum Gasteiger partial charge on any atom is -0.339 e. The van der Waals surface area contributed by atoms with Gasteiger partial charge >= 0.3 is 0 Å². The van der Waals surface area contributed by atoms with E-state index in [1.807, 2.05) is 6.07 Å². The van der Waals surface area contributed by atoms with Crippen LogP contribution in [0.5, 0.6) is 0 Å². The van der Waals surface area contributed by atoms with Gasteiger partial charge in [0.05, 0.1) is 5.54 Å². The van der Waals surface area contributed by atoms with Crippen LogP contribution in [0.3, 0.4) is 0 Å². The summed E-state index contributed by atoms with van der Waals surface area (Å²) in [5, 5.41) is 3.95. The van der Waals surface area contributed by atoms with Crippen molar-refractivity contribution in [2.45, 2.75) is 19.4 Å². The van der Waals surface area contributed by atoms with Crippen LogP contribution in [0.25, 0.3) is 10.6 Å². The molecule has 0 spiro atoms. The fourth-order valence-electron chi connectivity index (χ4n) is 2.41. The zero-order valence-corrected chi connectivity index (χ0v) is 16.8. The van der Waals surface area contributed by atoms with Gasteiger partial charge in [-0.25, -0.2) is 4.98 Å². The molecule has 0 radical (unpaired) electrons. The van der Waals surface area contributed by atoms with Gasteiger partial charge in [-0.1, -0.05) is 23.2 Å². The fourth-order valence-corrected chi connectivity index (χ4v) is 3.72. The predicted molar refractivity (Wildman–Crippen MR) is 108 cm³/mol. The number of aromatic nitrogens is 2. The number of benzene rings is 1. The molecule has 0 aliphatic rings. The first kappa shape index (κ1) is 19.5. The van der Waals surface area contributed by atoms with Gasteiger partial charge in [0.25, 0.3) is 5.91 Å². The number of thiazole rings is 1. The quantitative estimate of drug-likeness (QED) is 0.596. The highest BCUT2D eigenvalue weighted by molar-refractivity contribution is 7.17. The second-order valence-electron chi connectivity index (χ2n) is 6.30. The Kier molecular flexibility index (Phi) is 5.60. The number of halogens is 2. The zero-order valence-electron chi connectivity index (χ0n) is 14.5. The molecule has 0 saturated heterocycles. The van der Waals surface area contributed by atoms with E-state index in [4.69, 9.17) is 23.2 Å². The number of amides is 1. The molecule has 2 aromatic heterocycles. The number of pyridine rings is 1. The van der Waals surface area contributed by atoms with Crippen LogP contribution < -0.4 is 5.32 Å². The molecule has 0 unspecified atom stereocenters. The summed E-state index contributed by atoms with van der Waals surface area (Å²) in [6.07, 6.45) is 3.29. The maximum atomic E-state index is 12.7. The number of carbonyl (C=O) groups excluding carboxylic acids is 2. The topological polar surface area (TPSA) is 72.0 Å². The van der Waals surface area contributed by atoms with Crippen LogP contribution in [0, 0.1) is 0 Å². The molecule has 3 rings (SSSR count). The molecule has 2 heterocycles. The molecule has 27 heavy (non-hydrogen) atoms. The molecule has 5 nitrogen and oxygen atoms in total. The highest BCUT2D eigenvalue weighted by atomic mass is 35.5. The monoisotopic (exact) mass is 419 g/mol. The highest BCUT2D eigenvalue weighted by Gasteiger charge is 2.32. The number of nitrogens with one attached hydrogen (secondary N) is 1. The maximum Gasteiger partial charge on any atom is 0.265 e. The summed E-state index contributed by atoms with van der Waals surface area (Å²) in [5.41, 5.74) is 0.0864. The lowest BCUT2D eigenvalue weighted by Crippen LogP contribution is -2.49. The van der Waals surface area contributed by atoms with E-state index >= 15 is 0 Å². The number of hydrogen-bond acceptors (Lipinski definition) is 5. The van der Waals surface area contributed by atoms with E-state index in [0.717, 1.165) is 16.9 Å². The fraction of sp³-hybridized carbons (Fsp3) is 0.158. The Labute approximate surface area is 170 Å². The molecule has 0 fully saturated rings. The van der Waals surface area contributed by atoms with E-state index in [1.54, 1.807) is 56.6 Å². The van der Waals surface area contributed by atoms with Crippen LogP contribution in [0.1, 0.15) is 33.9 Å². The van der Waals surface area contributed by atoms with Crippen molar-refractivity contribution in [3.05, 3.63) is 69.4 Å². The Morgan fingerprint density at radius 2 is 1.81 bits per heavy atom. The first-order valence-corrected chi connectivity index (χ1v) is 9.55. The number of rotatable bonds is 5. The minimum atomic E-state index is -1.13. The van der Waals surface area contributed by atoms with Crippen molar-refractivity contribution < 1.29 is 9.59 Å². The highest BCUT2D eigenvalue weighted by Crippen LogP contribution is 2.31. The van der Waals surface area contributed by atoms with E-state index in [2.05, 4.69) is 15.3 Å². The van der Waals surface area contributed by atoms with Gasteiger partial charge in [0.15, 0.2) is 10.9 Å². The Morgan fingerprint density at radius 3 is 2.44 bits per heavy atom. The third-order valence-electron chi connectivity index (χ3n) is 3.80. The van der Waals surface area contributed by atoms with Crippen LogP contribution in [-0.2, 0) is 0 Å². The second-order valence-corrected chi connectivity index (χ2v) is 8.09. The lowest BCUT2D eigenvalue weighted by Gasteiger charge is -2.24. The van der Waals surface area contributed by atoms with E-state index in [1.165, 1.54) is 0 Å². The van der Waals surface area contributed by atoms with E-state index in [0.29, 0.717) is 15.6 Å². The molecule has 8 heteroatoms. The SMILES string of the molecule is CC(C)(NC(=O)c1sc(-c2cccnc2)nc1Cl)C(=O)c1ccc(Cl)cc1. The summed E-state index contributed by atoms with van der Waals surface area (Å²) >= 11 is 13.2. The molecule has 1 aromatic carbocycles. The molecule has 3 aromatic rings. The largest absolute Gasteiger partial charge is 0.339 e. The van der Waals surface area contributed by atoms with Crippen molar-refractivity contribution in [2.75, 3.05) is 0 Å². The second kappa shape index (κ2) is 7.76. The molecular formula is C19H15Cl2N3O2S. The van der Waals surface area contributed by atoms with E-state index in [9.17, 15) is 9.59 Å². The molecule has 0 aliphatic heterocycles. The number of nitrogens with zero attached hydrogens (tertiary/aromatic N) is 2. The Morgan fingerprint density at radius 1 is 1.11 bits per heavy atom. The average molecular weight is 420 g/mol. The van der Waals surface area contributed by atoms with Gasteiger partial charge in [-0.2, -0.15) is 0 Å². The van der Waals surface area contributed by atoms with Gasteiger partial charge in [-0.15, -0.1) is 11.3 Å². The average Bonchev–Trinajstić information content (AvgIpc) is 3.04. The van der Waals surface area contributed by atoms with Crippen molar-refractivity contribution in [2.24, 2.45) is 0 Å². The van der Waals surface area contributed by atoms with Gasteiger partial charge in [0.2, 0.25) is 0 Å². The van der Waals surface area contributed by atoms with Crippen molar-refractivity contribution >= 4 is 46.2 Å². The molecular weight excluding hydrogens is 405 g/mol. The number of hydrogen-bond donors (Lipinski definition) is 1. The minimum absolute atomic E-state index is 0.0890. The van der Waals surface area contributed by atoms with Gasteiger partial charge in [-0.3, -0.25) is 14.6 Å². The molecule has 0 saturated carbocycles. The number of carbonyl (C=O) groups is 2. The smallest absolute Gasteiger partial charge is 0.265 e. The van der Waals surface area contributed by atoms with Gasteiger partial charge in [0, 0.05) is 28.5 Å². The summed E-state index contributed by atoms with van der Waals surface area (Å²) in [6.45, 7) is 3.28. The molecule has 138 valence electrons. The molecule has 0 atom stereocenters. The summed E-state index contributed by atoms with van der Waals surface area (Å²) in [4.78, 5) is 34.0. The maximum absolute atomic E-state index is 12.7. The van der Waals surface area contributed by atoms with Gasteiger partial charge in [0.1, 0.15) is 9.88 Å². The predicted octanol–water partition coefficient (Wildman–Crippen LogP) is 4.90. The van der Waals surface area contributed by atoms with Gasteiger partial charge < -0.3 is 5.32 Å². The summed E-state index contributed by atoms with van der Waals surface area (Å²) < 4.78 is 0. The lowest BCUT2D eigenvalue weighted by atomic mass is 9.93. The Balaban J connectivity index is 1.81. The Hall–Kier alpha value is -2.28. The van der Waals surface area contributed by atoms with Gasteiger partial charge in [-0.05, 0) is 50.2 Å². The Bertz CT molecular complexity index is 986. The molecule has 0 aliphatic carbocycles. The van der Waals surface area contributed by atoms with Crippen LogP contribution in [0.15, 0.2) is 48.8 Å².